The van der Waals surface area contributed by atoms with Crippen LogP contribution in [-0.2, 0) is 0 Å². The third-order valence-corrected chi connectivity index (χ3v) is 2.55. The molecule has 0 aliphatic carbocycles. The summed E-state index contributed by atoms with van der Waals surface area (Å²) in [6.45, 7) is 0. The standard InChI is InChI=1S/C9H6BrNO4/c1-14-4-2-5(10)7-6(3-4)11-9(13)15-8(7)12/h2-3H,1H3,(H,11,13). The lowest BCUT2D eigenvalue weighted by Gasteiger charge is -2.02. The number of aromatic nitrogens is 1. The first kappa shape index (κ1) is 9.97. The Hall–Kier alpha value is -1.56. The van der Waals surface area contributed by atoms with Crippen LogP contribution in [0.1, 0.15) is 0 Å². The Morgan fingerprint density at radius 1 is 1.40 bits per heavy atom. The molecular formula is C9H6BrNO4. The fourth-order valence-electron chi connectivity index (χ4n) is 1.28. The summed E-state index contributed by atoms with van der Waals surface area (Å²) in [6, 6.07) is 3.18. The van der Waals surface area contributed by atoms with Crippen LogP contribution >= 0.6 is 15.9 Å². The van der Waals surface area contributed by atoms with Crippen molar-refractivity contribution in [2.24, 2.45) is 0 Å². The number of ether oxygens (including phenoxy) is 1. The second-order valence-electron chi connectivity index (χ2n) is 2.83. The van der Waals surface area contributed by atoms with Crippen LogP contribution in [0, 0.1) is 0 Å². The van der Waals surface area contributed by atoms with Crippen molar-refractivity contribution in [2.45, 2.75) is 0 Å². The largest absolute Gasteiger partial charge is 0.497 e. The summed E-state index contributed by atoms with van der Waals surface area (Å²) in [4.78, 5) is 24.7. The highest BCUT2D eigenvalue weighted by molar-refractivity contribution is 9.10. The van der Waals surface area contributed by atoms with Gasteiger partial charge in [-0.25, -0.2) is 9.59 Å². The number of H-pyrrole nitrogens is 1. The first-order chi connectivity index (χ1) is 7.11. The van der Waals surface area contributed by atoms with Gasteiger partial charge >= 0.3 is 11.4 Å². The highest BCUT2D eigenvalue weighted by atomic mass is 79.9. The summed E-state index contributed by atoms with van der Waals surface area (Å²) in [6.07, 6.45) is 0. The zero-order valence-corrected chi connectivity index (χ0v) is 9.25. The first-order valence-electron chi connectivity index (χ1n) is 4.02. The highest BCUT2D eigenvalue weighted by Gasteiger charge is 2.08. The van der Waals surface area contributed by atoms with Crippen molar-refractivity contribution in [1.29, 1.82) is 0 Å². The van der Waals surface area contributed by atoms with Gasteiger partial charge in [0.25, 0.3) is 0 Å². The summed E-state index contributed by atoms with van der Waals surface area (Å²) < 4.78 is 9.92. The number of nitrogens with one attached hydrogen (secondary N) is 1. The van der Waals surface area contributed by atoms with E-state index in [0.29, 0.717) is 15.7 Å². The maximum Gasteiger partial charge on any atom is 0.419 e. The molecule has 0 fully saturated rings. The summed E-state index contributed by atoms with van der Waals surface area (Å²) in [5, 5.41) is 0.287. The number of rotatable bonds is 1. The van der Waals surface area contributed by atoms with Crippen molar-refractivity contribution in [3.63, 3.8) is 0 Å². The van der Waals surface area contributed by atoms with Crippen LogP contribution in [0.5, 0.6) is 5.75 Å². The summed E-state index contributed by atoms with van der Waals surface area (Å²) in [5.74, 6) is -0.247. The SMILES string of the molecule is COc1cc(Br)c2c(=O)oc(=O)[nH]c2c1. The smallest absolute Gasteiger partial charge is 0.419 e. The Morgan fingerprint density at radius 3 is 2.80 bits per heavy atom. The molecule has 0 atom stereocenters. The fraction of sp³-hybridized carbons (Fsp3) is 0.111. The molecule has 1 N–H and O–H groups in total. The lowest BCUT2D eigenvalue weighted by Crippen LogP contribution is -2.14. The van der Waals surface area contributed by atoms with Gasteiger partial charge in [-0.2, -0.15) is 0 Å². The normalized spacial score (nSPS) is 10.5. The van der Waals surface area contributed by atoms with Gasteiger partial charge in [-0.15, -0.1) is 0 Å². The molecule has 2 rings (SSSR count). The van der Waals surface area contributed by atoms with Gasteiger partial charge in [0.05, 0.1) is 18.0 Å². The number of fused-ring (bicyclic) bond motifs is 1. The van der Waals surface area contributed by atoms with Crippen LogP contribution in [0.2, 0.25) is 0 Å². The third kappa shape index (κ3) is 1.68. The first-order valence-corrected chi connectivity index (χ1v) is 4.82. The Labute approximate surface area is 91.8 Å². The van der Waals surface area contributed by atoms with Gasteiger partial charge in [-0.3, -0.25) is 4.98 Å². The number of aromatic amines is 1. The second kappa shape index (κ2) is 3.54. The van der Waals surface area contributed by atoms with E-state index < -0.39 is 11.4 Å². The van der Waals surface area contributed by atoms with Gasteiger partial charge in [0.2, 0.25) is 0 Å². The van der Waals surface area contributed by atoms with Gasteiger partial charge in [-0.1, -0.05) is 0 Å². The average Bonchev–Trinajstić information content (AvgIpc) is 2.15. The molecule has 0 bridgehead atoms. The Balaban J connectivity index is 2.98. The predicted octanol–water partition coefficient (Wildman–Crippen LogP) is 1.25. The number of hydrogen-bond donors (Lipinski definition) is 1. The molecule has 0 saturated carbocycles. The zero-order valence-electron chi connectivity index (χ0n) is 7.67. The van der Waals surface area contributed by atoms with Crippen LogP contribution in [-0.4, -0.2) is 12.1 Å². The maximum absolute atomic E-state index is 11.4. The van der Waals surface area contributed by atoms with Gasteiger partial charge in [0.15, 0.2) is 0 Å². The molecule has 6 heteroatoms. The van der Waals surface area contributed by atoms with Crippen molar-refractivity contribution in [2.75, 3.05) is 7.11 Å². The minimum absolute atomic E-state index is 0.287. The van der Waals surface area contributed by atoms with Gasteiger partial charge in [0, 0.05) is 10.5 Å². The molecule has 1 aromatic carbocycles. The summed E-state index contributed by atoms with van der Waals surface area (Å²) in [5.41, 5.74) is -0.300. The minimum Gasteiger partial charge on any atom is -0.497 e. The molecule has 1 aromatic heterocycles. The minimum atomic E-state index is -0.785. The Morgan fingerprint density at radius 2 is 2.13 bits per heavy atom. The third-order valence-electron chi connectivity index (χ3n) is 1.93. The van der Waals surface area contributed by atoms with Gasteiger partial charge in [0.1, 0.15) is 5.75 Å². The number of methoxy groups -OCH3 is 1. The summed E-state index contributed by atoms with van der Waals surface area (Å²) in [7, 11) is 1.50. The van der Waals surface area contributed by atoms with E-state index in [0.717, 1.165) is 0 Å². The number of halogens is 1. The molecule has 2 aromatic rings. The van der Waals surface area contributed by atoms with Crippen molar-refractivity contribution in [1.82, 2.24) is 4.98 Å². The van der Waals surface area contributed by atoms with E-state index in [4.69, 9.17) is 4.74 Å². The van der Waals surface area contributed by atoms with Crippen LogP contribution in [0.3, 0.4) is 0 Å². The molecule has 0 amide bonds. The molecule has 0 spiro atoms. The average molecular weight is 272 g/mol. The molecule has 15 heavy (non-hydrogen) atoms. The van der Waals surface area contributed by atoms with Crippen molar-refractivity contribution >= 4 is 26.8 Å². The van der Waals surface area contributed by atoms with Crippen molar-refractivity contribution in [3.05, 3.63) is 37.6 Å². The van der Waals surface area contributed by atoms with Gasteiger partial charge in [-0.05, 0) is 22.0 Å². The molecule has 0 unspecified atom stereocenters. The monoisotopic (exact) mass is 271 g/mol. The van der Waals surface area contributed by atoms with Crippen LogP contribution in [0.25, 0.3) is 10.9 Å². The Kier molecular flexibility index (Phi) is 2.36. The molecule has 0 aliphatic heterocycles. The van der Waals surface area contributed by atoms with E-state index >= 15 is 0 Å². The van der Waals surface area contributed by atoms with Crippen LogP contribution in [0.4, 0.5) is 0 Å². The Bertz CT molecular complexity index is 628. The number of benzene rings is 1. The quantitative estimate of drug-likeness (QED) is 0.848. The van der Waals surface area contributed by atoms with Gasteiger partial charge < -0.3 is 9.15 Å². The molecule has 78 valence electrons. The summed E-state index contributed by atoms with van der Waals surface area (Å²) >= 11 is 3.20. The lowest BCUT2D eigenvalue weighted by atomic mass is 10.2. The van der Waals surface area contributed by atoms with E-state index in [-0.39, 0.29) is 5.39 Å². The lowest BCUT2D eigenvalue weighted by molar-refractivity contribution is 0.414. The van der Waals surface area contributed by atoms with E-state index in [1.165, 1.54) is 7.11 Å². The predicted molar refractivity (Wildman–Crippen MR) is 57.4 cm³/mol. The highest BCUT2D eigenvalue weighted by Crippen LogP contribution is 2.25. The molecule has 0 aliphatic rings. The van der Waals surface area contributed by atoms with Crippen LogP contribution < -0.4 is 16.1 Å². The molecule has 0 radical (unpaired) electrons. The zero-order chi connectivity index (χ0) is 11.0. The van der Waals surface area contributed by atoms with Crippen molar-refractivity contribution < 1.29 is 9.15 Å². The van der Waals surface area contributed by atoms with E-state index in [2.05, 4.69) is 25.3 Å². The fourth-order valence-corrected chi connectivity index (χ4v) is 1.88. The maximum atomic E-state index is 11.4. The van der Waals surface area contributed by atoms with Crippen LogP contribution in [0.15, 0.2) is 30.6 Å². The topological polar surface area (TPSA) is 72.3 Å². The van der Waals surface area contributed by atoms with Crippen molar-refractivity contribution in [3.8, 4) is 5.75 Å². The van der Waals surface area contributed by atoms with E-state index in [1.807, 2.05) is 0 Å². The molecule has 0 saturated heterocycles. The molecular weight excluding hydrogens is 266 g/mol. The second-order valence-corrected chi connectivity index (χ2v) is 3.69. The molecule has 5 nitrogen and oxygen atoms in total. The molecule has 1 heterocycles. The van der Waals surface area contributed by atoms with E-state index in [9.17, 15) is 9.59 Å². The van der Waals surface area contributed by atoms with E-state index in [1.54, 1.807) is 12.1 Å². The number of hydrogen-bond acceptors (Lipinski definition) is 4.